The Morgan fingerprint density at radius 3 is 2.50 bits per heavy atom. The fourth-order valence-corrected chi connectivity index (χ4v) is 1.90. The van der Waals surface area contributed by atoms with E-state index in [1.165, 1.54) is 5.56 Å². The van der Waals surface area contributed by atoms with Crippen molar-refractivity contribution in [3.8, 4) is 0 Å². The molecule has 1 nitrogen and oxygen atoms in total. The summed E-state index contributed by atoms with van der Waals surface area (Å²) >= 11 is 0. The van der Waals surface area contributed by atoms with Crippen LogP contribution in [0.4, 0.5) is 0 Å². The van der Waals surface area contributed by atoms with Gasteiger partial charge in [0.1, 0.15) is 0 Å². The van der Waals surface area contributed by atoms with Crippen molar-refractivity contribution in [2.75, 3.05) is 0 Å². The normalized spacial score (nSPS) is 13.1. The Bertz CT molecular complexity index is 304. The van der Waals surface area contributed by atoms with Crippen LogP contribution in [-0.2, 0) is 6.42 Å². The van der Waals surface area contributed by atoms with E-state index in [-0.39, 0.29) is 12.0 Å². The van der Waals surface area contributed by atoms with Crippen LogP contribution in [0.3, 0.4) is 0 Å². The average molecular weight is 219 g/mol. The molecule has 89 valence electrons. The zero-order valence-corrected chi connectivity index (χ0v) is 10.4. The number of rotatable bonds is 6. The van der Waals surface area contributed by atoms with E-state index in [0.717, 1.165) is 31.2 Å². The molecule has 0 spiro atoms. The third-order valence-electron chi connectivity index (χ3n) is 2.95. The fraction of sp³-hybridized carbons (Fsp3) is 0.533. The van der Waals surface area contributed by atoms with Gasteiger partial charge in [-0.1, -0.05) is 57.9 Å². The summed E-state index contributed by atoms with van der Waals surface area (Å²) in [6.07, 6.45) is 4.03. The third kappa shape index (κ3) is 3.64. The minimum Gasteiger partial charge on any atom is -0.388 e. The number of aryl methyl sites for hydroxylation is 1. The van der Waals surface area contributed by atoms with Gasteiger partial charge in [0, 0.05) is 0 Å². The number of benzene rings is 1. The lowest BCUT2D eigenvalue weighted by Crippen LogP contribution is -2.08. The van der Waals surface area contributed by atoms with Crippen LogP contribution in [0.5, 0.6) is 0 Å². The molecule has 1 unspecified atom stereocenters. The Hall–Kier alpha value is -0.820. The quantitative estimate of drug-likeness (QED) is 0.719. The van der Waals surface area contributed by atoms with Crippen molar-refractivity contribution in [2.45, 2.75) is 45.6 Å². The molecule has 1 aromatic rings. The summed E-state index contributed by atoms with van der Waals surface area (Å²) in [5, 5.41) is 10.1. The number of aliphatic hydroxyl groups excluding tert-OH is 1. The smallest absolute Gasteiger partial charge is 0.0815 e. The predicted octanol–water partition coefficient (Wildman–Crippen LogP) is 3.92. The first-order valence-corrected chi connectivity index (χ1v) is 6.22. The molecule has 1 radical (unpaired) electrons. The van der Waals surface area contributed by atoms with Crippen molar-refractivity contribution in [1.82, 2.24) is 0 Å². The molecule has 0 saturated heterocycles. The molecule has 0 aromatic heterocycles. The van der Waals surface area contributed by atoms with Gasteiger partial charge in [-0.3, -0.25) is 0 Å². The molecule has 1 aromatic carbocycles. The van der Waals surface area contributed by atoms with E-state index in [2.05, 4.69) is 32.9 Å². The monoisotopic (exact) mass is 219 g/mol. The van der Waals surface area contributed by atoms with Gasteiger partial charge in [0.15, 0.2) is 0 Å². The summed E-state index contributed by atoms with van der Waals surface area (Å²) in [7, 11) is 0. The van der Waals surface area contributed by atoms with Crippen LogP contribution in [0, 0.1) is 12.8 Å². The molecular weight excluding hydrogens is 196 g/mol. The lowest BCUT2D eigenvalue weighted by Gasteiger charge is -2.18. The van der Waals surface area contributed by atoms with E-state index < -0.39 is 0 Å². The van der Waals surface area contributed by atoms with E-state index in [0.29, 0.717) is 0 Å². The minimum absolute atomic E-state index is 0.272. The molecule has 0 heterocycles. The van der Waals surface area contributed by atoms with Gasteiger partial charge >= 0.3 is 0 Å². The van der Waals surface area contributed by atoms with Gasteiger partial charge in [-0.15, -0.1) is 0 Å². The van der Waals surface area contributed by atoms with Gasteiger partial charge in [0.2, 0.25) is 0 Å². The summed E-state index contributed by atoms with van der Waals surface area (Å²) in [6, 6.07) is 8.23. The molecule has 1 N–H and O–H groups in total. The summed E-state index contributed by atoms with van der Waals surface area (Å²) < 4.78 is 0. The van der Waals surface area contributed by atoms with E-state index in [9.17, 15) is 5.11 Å². The van der Waals surface area contributed by atoms with Crippen molar-refractivity contribution in [3.63, 3.8) is 0 Å². The molecule has 0 saturated carbocycles. The molecule has 1 heteroatoms. The van der Waals surface area contributed by atoms with E-state index in [4.69, 9.17) is 0 Å². The van der Waals surface area contributed by atoms with Gasteiger partial charge in [-0.25, -0.2) is 0 Å². The number of aliphatic hydroxyl groups is 1. The SMILES string of the molecule is [CH2]CCCCc1ccccc1C(O)C(C)C. The lowest BCUT2D eigenvalue weighted by atomic mass is 9.92. The van der Waals surface area contributed by atoms with Gasteiger partial charge in [-0.2, -0.15) is 0 Å². The van der Waals surface area contributed by atoms with Crippen LogP contribution >= 0.6 is 0 Å². The number of hydrogen-bond acceptors (Lipinski definition) is 1. The maximum absolute atomic E-state index is 10.1. The third-order valence-corrected chi connectivity index (χ3v) is 2.95. The molecule has 1 atom stereocenters. The highest BCUT2D eigenvalue weighted by Crippen LogP contribution is 2.25. The van der Waals surface area contributed by atoms with Crippen LogP contribution in [0.2, 0.25) is 0 Å². The second-order valence-corrected chi connectivity index (χ2v) is 4.70. The van der Waals surface area contributed by atoms with Crippen LogP contribution in [-0.4, -0.2) is 5.11 Å². The van der Waals surface area contributed by atoms with Crippen LogP contribution in [0.15, 0.2) is 24.3 Å². The average Bonchev–Trinajstić information content (AvgIpc) is 2.29. The Balaban J connectivity index is 2.75. The summed E-state index contributed by atoms with van der Waals surface area (Å²) in [4.78, 5) is 0. The Morgan fingerprint density at radius 1 is 1.19 bits per heavy atom. The first-order chi connectivity index (χ1) is 7.66. The molecule has 0 aliphatic heterocycles. The van der Waals surface area contributed by atoms with Crippen LogP contribution in [0.1, 0.15) is 50.3 Å². The Kier molecular flexibility index (Phi) is 5.54. The highest BCUT2D eigenvalue weighted by atomic mass is 16.3. The van der Waals surface area contributed by atoms with E-state index in [1.807, 2.05) is 12.1 Å². The zero-order valence-electron chi connectivity index (χ0n) is 10.4. The Morgan fingerprint density at radius 2 is 1.88 bits per heavy atom. The highest BCUT2D eigenvalue weighted by molar-refractivity contribution is 5.29. The molecule has 0 amide bonds. The predicted molar refractivity (Wildman–Crippen MR) is 69.2 cm³/mol. The zero-order chi connectivity index (χ0) is 12.0. The molecule has 0 fully saturated rings. The number of unbranched alkanes of at least 4 members (excludes halogenated alkanes) is 2. The first kappa shape index (κ1) is 13.2. The molecule has 0 aliphatic carbocycles. The van der Waals surface area contributed by atoms with Gasteiger partial charge < -0.3 is 5.11 Å². The number of hydrogen-bond donors (Lipinski definition) is 1. The second-order valence-electron chi connectivity index (χ2n) is 4.70. The maximum Gasteiger partial charge on any atom is 0.0815 e. The first-order valence-electron chi connectivity index (χ1n) is 6.22. The molecule has 1 rings (SSSR count). The van der Waals surface area contributed by atoms with Gasteiger partial charge in [0.05, 0.1) is 6.10 Å². The topological polar surface area (TPSA) is 20.2 Å². The summed E-state index contributed by atoms with van der Waals surface area (Å²) in [5.41, 5.74) is 2.39. The van der Waals surface area contributed by atoms with E-state index >= 15 is 0 Å². The van der Waals surface area contributed by atoms with Crippen LogP contribution < -0.4 is 0 Å². The molecular formula is C15H23O. The second kappa shape index (κ2) is 6.70. The van der Waals surface area contributed by atoms with Gasteiger partial charge in [0.25, 0.3) is 0 Å². The molecule has 0 bridgehead atoms. The van der Waals surface area contributed by atoms with E-state index in [1.54, 1.807) is 0 Å². The van der Waals surface area contributed by atoms with Crippen molar-refractivity contribution in [2.24, 2.45) is 5.92 Å². The summed E-state index contributed by atoms with van der Waals surface area (Å²) in [6.45, 7) is 7.96. The van der Waals surface area contributed by atoms with Crippen molar-refractivity contribution < 1.29 is 5.11 Å². The standard InChI is InChI=1S/C15H23O/c1-4-5-6-9-13-10-7-8-11-14(13)15(16)12(2)3/h7-8,10-12,15-16H,1,4-6,9H2,2-3H3. The summed E-state index contributed by atoms with van der Waals surface area (Å²) in [5.74, 6) is 0.272. The fourth-order valence-electron chi connectivity index (χ4n) is 1.90. The highest BCUT2D eigenvalue weighted by Gasteiger charge is 2.14. The van der Waals surface area contributed by atoms with Crippen LogP contribution in [0.25, 0.3) is 0 Å². The Labute approximate surface area is 99.5 Å². The molecule has 0 aliphatic rings. The van der Waals surface area contributed by atoms with Crippen molar-refractivity contribution in [3.05, 3.63) is 42.3 Å². The van der Waals surface area contributed by atoms with Crippen molar-refractivity contribution in [1.29, 1.82) is 0 Å². The molecule has 16 heavy (non-hydrogen) atoms. The van der Waals surface area contributed by atoms with Gasteiger partial charge in [-0.05, 0) is 29.9 Å². The van der Waals surface area contributed by atoms with Crippen molar-refractivity contribution >= 4 is 0 Å². The maximum atomic E-state index is 10.1. The largest absolute Gasteiger partial charge is 0.388 e. The lowest BCUT2D eigenvalue weighted by molar-refractivity contribution is 0.126. The minimum atomic E-state index is -0.337.